The van der Waals surface area contributed by atoms with Gasteiger partial charge < -0.3 is 15.9 Å². The van der Waals surface area contributed by atoms with Crippen molar-refractivity contribution in [3.63, 3.8) is 0 Å². The van der Waals surface area contributed by atoms with Crippen molar-refractivity contribution >= 4 is 17.6 Å². The second-order valence-electron chi connectivity index (χ2n) is 5.44. The number of hydrogen-bond donors (Lipinski definition) is 3. The number of carbonyl (C=O) groups is 1. The van der Waals surface area contributed by atoms with E-state index in [0.29, 0.717) is 10.6 Å². The van der Waals surface area contributed by atoms with E-state index in [1.807, 2.05) is 48.5 Å². The fraction of sp³-hybridized carbons (Fsp3) is 0.235. The van der Waals surface area contributed by atoms with Crippen molar-refractivity contribution in [1.29, 1.82) is 0 Å². The van der Waals surface area contributed by atoms with Gasteiger partial charge in [0.25, 0.3) is 0 Å². The summed E-state index contributed by atoms with van der Waals surface area (Å²) >= 11 is 6.27. The summed E-state index contributed by atoms with van der Waals surface area (Å²) < 4.78 is 0. The molecule has 4 N–H and O–H groups in total. The van der Waals surface area contributed by atoms with Gasteiger partial charge in [0.05, 0.1) is 0 Å². The molecule has 2 atom stereocenters. The average Bonchev–Trinajstić information content (AvgIpc) is 2.49. The molecule has 0 aromatic heterocycles. The zero-order chi connectivity index (χ0) is 16.3. The molecule has 4 nitrogen and oxygen atoms in total. The predicted octanol–water partition coefficient (Wildman–Crippen LogP) is 2.71. The zero-order valence-electron chi connectivity index (χ0n) is 12.2. The van der Waals surface area contributed by atoms with Gasteiger partial charge in [-0.2, -0.15) is 0 Å². The highest BCUT2D eigenvalue weighted by atomic mass is 35.5. The lowest BCUT2D eigenvalue weighted by atomic mass is 9.91. The molecular formula is C17H18ClNO3. The van der Waals surface area contributed by atoms with Crippen molar-refractivity contribution in [1.82, 2.24) is 0 Å². The van der Waals surface area contributed by atoms with E-state index in [2.05, 4.69) is 0 Å². The number of nitrogens with two attached hydrogens (primary N) is 1. The average molecular weight is 320 g/mol. The second kappa shape index (κ2) is 6.48. The first-order valence-electron chi connectivity index (χ1n) is 6.87. The van der Waals surface area contributed by atoms with Crippen molar-refractivity contribution in [2.75, 3.05) is 0 Å². The van der Waals surface area contributed by atoms with Gasteiger partial charge in [-0.15, -0.1) is 0 Å². The van der Waals surface area contributed by atoms with Gasteiger partial charge in [-0.05, 0) is 36.1 Å². The third-order valence-corrected chi connectivity index (χ3v) is 4.11. The Labute approximate surface area is 134 Å². The summed E-state index contributed by atoms with van der Waals surface area (Å²) in [7, 11) is 0. The Morgan fingerprint density at radius 2 is 1.86 bits per heavy atom. The molecule has 0 radical (unpaired) electrons. The Morgan fingerprint density at radius 3 is 2.41 bits per heavy atom. The van der Waals surface area contributed by atoms with Gasteiger partial charge >= 0.3 is 5.97 Å². The van der Waals surface area contributed by atoms with Gasteiger partial charge in [0, 0.05) is 11.1 Å². The molecule has 2 aromatic rings. The van der Waals surface area contributed by atoms with Crippen LogP contribution in [0.3, 0.4) is 0 Å². The normalized spacial score (nSPS) is 15.1. The first kappa shape index (κ1) is 16.5. The van der Waals surface area contributed by atoms with Gasteiger partial charge in [-0.3, -0.25) is 0 Å². The van der Waals surface area contributed by atoms with Crippen LogP contribution in [-0.2, 0) is 11.2 Å². The molecule has 0 spiro atoms. The summed E-state index contributed by atoms with van der Waals surface area (Å²) in [6.45, 7) is 1.19. The van der Waals surface area contributed by atoms with E-state index in [1.165, 1.54) is 6.92 Å². The van der Waals surface area contributed by atoms with Crippen molar-refractivity contribution in [2.24, 2.45) is 5.73 Å². The predicted molar refractivity (Wildman–Crippen MR) is 86.8 cm³/mol. The molecule has 0 bridgehead atoms. The molecule has 0 heterocycles. The Bertz CT molecular complexity index is 671. The topological polar surface area (TPSA) is 83.5 Å². The van der Waals surface area contributed by atoms with Crippen LogP contribution in [0.15, 0.2) is 48.5 Å². The minimum atomic E-state index is -2.00. The first-order chi connectivity index (χ1) is 10.3. The first-order valence-corrected chi connectivity index (χ1v) is 7.25. The Hall–Kier alpha value is -1.88. The molecule has 0 aliphatic carbocycles. The molecule has 116 valence electrons. The summed E-state index contributed by atoms with van der Waals surface area (Å²) in [5, 5.41) is 19.4. The van der Waals surface area contributed by atoms with Crippen molar-refractivity contribution < 1.29 is 15.0 Å². The van der Waals surface area contributed by atoms with E-state index < -0.39 is 17.6 Å². The molecule has 0 saturated carbocycles. The number of rotatable bonds is 5. The van der Waals surface area contributed by atoms with Crippen LogP contribution in [-0.4, -0.2) is 27.8 Å². The van der Waals surface area contributed by atoms with E-state index in [9.17, 15) is 9.90 Å². The molecule has 2 unspecified atom stereocenters. The molecule has 0 amide bonds. The second-order valence-corrected chi connectivity index (χ2v) is 5.84. The molecule has 0 saturated heterocycles. The lowest BCUT2D eigenvalue weighted by molar-refractivity contribution is -0.158. The van der Waals surface area contributed by atoms with Crippen LogP contribution in [0.5, 0.6) is 0 Å². The summed E-state index contributed by atoms with van der Waals surface area (Å²) in [6, 6.07) is 14.3. The minimum Gasteiger partial charge on any atom is -0.479 e. The Kier molecular flexibility index (Phi) is 4.86. The molecule has 0 fully saturated rings. The minimum absolute atomic E-state index is 0.174. The van der Waals surface area contributed by atoms with Crippen LogP contribution >= 0.6 is 11.6 Å². The summed E-state index contributed by atoms with van der Waals surface area (Å²) in [5.74, 6) is -1.35. The number of aliphatic carboxylic acids is 1. The zero-order valence-corrected chi connectivity index (χ0v) is 12.9. The monoisotopic (exact) mass is 319 g/mol. The van der Waals surface area contributed by atoms with Crippen LogP contribution in [0.4, 0.5) is 0 Å². The van der Waals surface area contributed by atoms with Crippen molar-refractivity contribution in [3.05, 3.63) is 59.1 Å². The number of carboxylic acid groups (broad SMARTS) is 1. The van der Waals surface area contributed by atoms with Crippen LogP contribution in [0.25, 0.3) is 11.1 Å². The van der Waals surface area contributed by atoms with Crippen molar-refractivity contribution in [2.45, 2.75) is 25.0 Å². The standard InChI is InChI=1S/C17H18ClNO3/c1-17(22,16(20)21)15(19)10-13-8-7-12(9-14(13)18)11-5-3-2-4-6-11/h2-9,15,22H,10,19H2,1H3,(H,20,21). The number of hydrogen-bond acceptors (Lipinski definition) is 3. The number of carboxylic acids is 1. The van der Waals surface area contributed by atoms with E-state index in [1.54, 1.807) is 0 Å². The Morgan fingerprint density at radius 1 is 1.23 bits per heavy atom. The number of benzene rings is 2. The van der Waals surface area contributed by atoms with E-state index in [-0.39, 0.29) is 6.42 Å². The van der Waals surface area contributed by atoms with E-state index in [4.69, 9.17) is 22.4 Å². The van der Waals surface area contributed by atoms with Gasteiger partial charge in [-0.1, -0.05) is 54.1 Å². The highest BCUT2D eigenvalue weighted by molar-refractivity contribution is 6.31. The maximum absolute atomic E-state index is 11.0. The largest absolute Gasteiger partial charge is 0.479 e. The molecule has 2 rings (SSSR count). The highest BCUT2D eigenvalue weighted by Gasteiger charge is 2.37. The lowest BCUT2D eigenvalue weighted by Crippen LogP contribution is -2.52. The molecule has 5 heteroatoms. The quantitative estimate of drug-likeness (QED) is 0.791. The summed E-state index contributed by atoms with van der Waals surface area (Å²) in [5.41, 5.74) is 6.52. The van der Waals surface area contributed by atoms with E-state index in [0.717, 1.165) is 11.1 Å². The fourth-order valence-electron chi connectivity index (χ4n) is 2.12. The third-order valence-electron chi connectivity index (χ3n) is 3.76. The summed E-state index contributed by atoms with van der Waals surface area (Å²) in [6.07, 6.45) is 0.174. The smallest absolute Gasteiger partial charge is 0.337 e. The van der Waals surface area contributed by atoms with Crippen LogP contribution < -0.4 is 5.73 Å². The SMILES string of the molecule is CC(O)(C(=O)O)C(N)Cc1ccc(-c2ccccc2)cc1Cl. The van der Waals surface area contributed by atoms with Crippen LogP contribution in [0.2, 0.25) is 5.02 Å². The highest BCUT2D eigenvalue weighted by Crippen LogP contribution is 2.27. The van der Waals surface area contributed by atoms with Gasteiger partial charge in [0.15, 0.2) is 5.60 Å². The molecule has 22 heavy (non-hydrogen) atoms. The van der Waals surface area contributed by atoms with Gasteiger partial charge in [0.1, 0.15) is 0 Å². The third kappa shape index (κ3) is 3.47. The molecular weight excluding hydrogens is 302 g/mol. The van der Waals surface area contributed by atoms with Gasteiger partial charge in [-0.25, -0.2) is 4.79 Å². The van der Waals surface area contributed by atoms with Crippen LogP contribution in [0.1, 0.15) is 12.5 Å². The Balaban J connectivity index is 2.22. The molecule has 2 aromatic carbocycles. The summed E-state index contributed by atoms with van der Waals surface area (Å²) in [4.78, 5) is 11.0. The fourth-order valence-corrected chi connectivity index (χ4v) is 2.37. The molecule has 0 aliphatic rings. The lowest BCUT2D eigenvalue weighted by Gasteiger charge is -2.26. The maximum atomic E-state index is 11.0. The van der Waals surface area contributed by atoms with E-state index >= 15 is 0 Å². The number of halogens is 1. The number of aliphatic hydroxyl groups is 1. The molecule has 0 aliphatic heterocycles. The van der Waals surface area contributed by atoms with Crippen LogP contribution in [0, 0.1) is 0 Å². The van der Waals surface area contributed by atoms with Crippen molar-refractivity contribution in [3.8, 4) is 11.1 Å². The maximum Gasteiger partial charge on any atom is 0.337 e. The van der Waals surface area contributed by atoms with Gasteiger partial charge in [0.2, 0.25) is 0 Å².